The third-order valence-electron chi connectivity index (χ3n) is 7.52. The summed E-state index contributed by atoms with van der Waals surface area (Å²) in [6.07, 6.45) is 3.67. The van der Waals surface area contributed by atoms with Gasteiger partial charge in [-0.05, 0) is 45.1 Å². The standard InChI is InChI=1S/C24H30N4O3/c1-16-20(17(2)31-26-16)14-28-19-8-9-21(28)24(13-19,12-18-6-4-3-5-7-18)23(30)27-11-10-25-22(29)15-27/h3-7,19,21H,8-15H2,1-2H3,(H,25,29)/t19-,21+,24+/m1/s1. The highest BCUT2D eigenvalue weighted by atomic mass is 16.5. The molecule has 1 aromatic carbocycles. The van der Waals surface area contributed by atoms with Gasteiger partial charge in [0.2, 0.25) is 11.8 Å². The number of hydrogen-bond acceptors (Lipinski definition) is 5. The normalized spacial score (nSPS) is 28.2. The maximum absolute atomic E-state index is 14.0. The number of carbonyl (C=O) groups is 2. The highest BCUT2D eigenvalue weighted by molar-refractivity contribution is 5.90. The van der Waals surface area contributed by atoms with E-state index in [1.54, 1.807) is 4.90 Å². The van der Waals surface area contributed by atoms with Crippen LogP contribution < -0.4 is 5.32 Å². The third-order valence-corrected chi connectivity index (χ3v) is 7.52. The van der Waals surface area contributed by atoms with E-state index in [2.05, 4.69) is 27.5 Å². The van der Waals surface area contributed by atoms with Crippen LogP contribution in [0.15, 0.2) is 34.9 Å². The van der Waals surface area contributed by atoms with Gasteiger partial charge in [-0.2, -0.15) is 0 Å². The summed E-state index contributed by atoms with van der Waals surface area (Å²) in [6, 6.07) is 10.8. The summed E-state index contributed by atoms with van der Waals surface area (Å²) in [7, 11) is 0. The van der Waals surface area contributed by atoms with E-state index in [1.165, 1.54) is 5.56 Å². The molecule has 1 aromatic heterocycles. The molecular formula is C24H30N4O3. The van der Waals surface area contributed by atoms with E-state index in [1.807, 2.05) is 32.0 Å². The zero-order valence-electron chi connectivity index (χ0n) is 18.3. The first-order valence-electron chi connectivity index (χ1n) is 11.3. The molecule has 3 fully saturated rings. The van der Waals surface area contributed by atoms with Gasteiger partial charge in [0.1, 0.15) is 5.76 Å². The summed E-state index contributed by atoms with van der Waals surface area (Å²) in [5.41, 5.74) is 2.75. The second kappa shape index (κ2) is 7.79. The fourth-order valence-corrected chi connectivity index (χ4v) is 6.04. The molecule has 0 aliphatic carbocycles. The Hall–Kier alpha value is -2.67. The van der Waals surface area contributed by atoms with Crippen LogP contribution in [-0.2, 0) is 22.6 Å². The van der Waals surface area contributed by atoms with Gasteiger partial charge in [-0.3, -0.25) is 14.5 Å². The number of carbonyl (C=O) groups excluding carboxylic acids is 2. The zero-order valence-corrected chi connectivity index (χ0v) is 18.3. The summed E-state index contributed by atoms with van der Waals surface area (Å²) in [6.45, 7) is 5.99. The van der Waals surface area contributed by atoms with Gasteiger partial charge in [0.15, 0.2) is 0 Å². The van der Waals surface area contributed by atoms with E-state index in [-0.39, 0.29) is 24.4 Å². The molecule has 3 saturated heterocycles. The fraction of sp³-hybridized carbons (Fsp3) is 0.542. The van der Waals surface area contributed by atoms with Gasteiger partial charge in [-0.25, -0.2) is 0 Å². The molecule has 2 bridgehead atoms. The lowest BCUT2D eigenvalue weighted by Gasteiger charge is -2.41. The average molecular weight is 423 g/mol. The molecule has 164 valence electrons. The largest absolute Gasteiger partial charge is 0.361 e. The lowest BCUT2D eigenvalue weighted by molar-refractivity contribution is -0.148. The van der Waals surface area contributed by atoms with Crippen molar-refractivity contribution >= 4 is 11.8 Å². The molecule has 0 unspecified atom stereocenters. The van der Waals surface area contributed by atoms with E-state index in [0.717, 1.165) is 42.8 Å². The van der Waals surface area contributed by atoms with Gasteiger partial charge in [-0.1, -0.05) is 35.5 Å². The number of benzene rings is 1. The molecule has 5 rings (SSSR count). The highest BCUT2D eigenvalue weighted by Crippen LogP contribution is 2.53. The number of fused-ring (bicyclic) bond motifs is 2. The van der Waals surface area contributed by atoms with E-state index >= 15 is 0 Å². The van der Waals surface area contributed by atoms with Crippen molar-refractivity contribution in [1.82, 2.24) is 20.3 Å². The Labute approximate surface area is 182 Å². The fourth-order valence-electron chi connectivity index (χ4n) is 6.04. The maximum Gasteiger partial charge on any atom is 0.239 e. The van der Waals surface area contributed by atoms with Gasteiger partial charge in [0.05, 0.1) is 17.7 Å². The number of rotatable bonds is 5. The Kier molecular flexibility index (Phi) is 5.08. The number of piperazine rings is 1. The number of nitrogens with one attached hydrogen (secondary N) is 1. The summed E-state index contributed by atoms with van der Waals surface area (Å²) >= 11 is 0. The van der Waals surface area contributed by atoms with Crippen LogP contribution in [0.25, 0.3) is 0 Å². The number of aryl methyl sites for hydroxylation is 2. The first-order valence-corrected chi connectivity index (χ1v) is 11.3. The minimum absolute atomic E-state index is 0.0646. The molecule has 2 amide bonds. The molecule has 7 heteroatoms. The topological polar surface area (TPSA) is 78.7 Å². The zero-order chi connectivity index (χ0) is 21.6. The molecule has 3 aliphatic heterocycles. The molecule has 3 aliphatic rings. The van der Waals surface area contributed by atoms with Crippen molar-refractivity contribution in [2.75, 3.05) is 19.6 Å². The first kappa shape index (κ1) is 20.2. The van der Waals surface area contributed by atoms with Crippen molar-refractivity contribution < 1.29 is 14.1 Å². The van der Waals surface area contributed by atoms with Crippen LogP contribution in [0, 0.1) is 19.3 Å². The Morgan fingerprint density at radius 3 is 2.77 bits per heavy atom. The van der Waals surface area contributed by atoms with E-state index in [0.29, 0.717) is 25.6 Å². The van der Waals surface area contributed by atoms with Crippen LogP contribution in [0.5, 0.6) is 0 Å². The SMILES string of the molecule is Cc1noc(C)c1CN1[C@@H]2CC[C@H]1[C@@](Cc1ccccc1)(C(=O)N1CCNC(=O)C1)C2. The Bertz CT molecular complexity index is 968. The molecule has 0 radical (unpaired) electrons. The summed E-state index contributed by atoms with van der Waals surface area (Å²) in [4.78, 5) is 30.4. The van der Waals surface area contributed by atoms with Crippen LogP contribution >= 0.6 is 0 Å². The predicted molar refractivity (Wildman–Crippen MR) is 115 cm³/mol. The molecule has 0 saturated carbocycles. The van der Waals surface area contributed by atoms with Gasteiger partial charge in [0.25, 0.3) is 0 Å². The van der Waals surface area contributed by atoms with Crippen LogP contribution in [0.3, 0.4) is 0 Å². The smallest absolute Gasteiger partial charge is 0.239 e. The quantitative estimate of drug-likeness (QED) is 0.799. The molecule has 7 nitrogen and oxygen atoms in total. The molecular weight excluding hydrogens is 392 g/mol. The van der Waals surface area contributed by atoms with E-state index in [4.69, 9.17) is 4.52 Å². The molecule has 0 spiro atoms. The Balaban J connectivity index is 1.49. The summed E-state index contributed by atoms with van der Waals surface area (Å²) in [5.74, 6) is 0.934. The molecule has 2 aromatic rings. The molecule has 31 heavy (non-hydrogen) atoms. The number of hydrogen-bond donors (Lipinski definition) is 1. The first-order chi connectivity index (χ1) is 15.0. The van der Waals surface area contributed by atoms with Gasteiger partial charge in [0, 0.05) is 37.3 Å². The van der Waals surface area contributed by atoms with Crippen molar-refractivity contribution in [3.63, 3.8) is 0 Å². The molecule has 1 N–H and O–H groups in total. The Morgan fingerprint density at radius 2 is 2.06 bits per heavy atom. The number of nitrogens with zero attached hydrogens (tertiary/aromatic N) is 3. The van der Waals surface area contributed by atoms with Crippen LogP contribution in [0.2, 0.25) is 0 Å². The van der Waals surface area contributed by atoms with Crippen molar-refractivity contribution in [3.8, 4) is 0 Å². The van der Waals surface area contributed by atoms with Crippen molar-refractivity contribution in [1.29, 1.82) is 0 Å². The maximum atomic E-state index is 14.0. The average Bonchev–Trinajstić information content (AvgIpc) is 3.41. The predicted octanol–water partition coefficient (Wildman–Crippen LogP) is 2.22. The van der Waals surface area contributed by atoms with Gasteiger partial charge >= 0.3 is 0 Å². The van der Waals surface area contributed by atoms with Crippen molar-refractivity contribution in [3.05, 3.63) is 52.9 Å². The molecule has 4 heterocycles. The second-order valence-corrected chi connectivity index (χ2v) is 9.32. The number of amides is 2. The summed E-state index contributed by atoms with van der Waals surface area (Å²) in [5, 5.41) is 6.97. The van der Waals surface area contributed by atoms with E-state index < -0.39 is 5.41 Å². The summed E-state index contributed by atoms with van der Waals surface area (Å²) < 4.78 is 5.40. The lowest BCUT2D eigenvalue weighted by atomic mass is 9.68. The monoisotopic (exact) mass is 422 g/mol. The van der Waals surface area contributed by atoms with E-state index in [9.17, 15) is 9.59 Å². The van der Waals surface area contributed by atoms with Crippen LogP contribution in [0.1, 0.15) is 41.8 Å². The van der Waals surface area contributed by atoms with Gasteiger partial charge < -0.3 is 14.7 Å². The highest BCUT2D eigenvalue weighted by Gasteiger charge is 2.60. The minimum atomic E-state index is -0.499. The van der Waals surface area contributed by atoms with Crippen molar-refractivity contribution in [2.45, 2.75) is 58.2 Å². The minimum Gasteiger partial charge on any atom is -0.361 e. The number of aromatic nitrogens is 1. The molecule has 3 atom stereocenters. The van der Waals surface area contributed by atoms with Crippen LogP contribution in [0.4, 0.5) is 0 Å². The van der Waals surface area contributed by atoms with Crippen molar-refractivity contribution in [2.24, 2.45) is 5.41 Å². The van der Waals surface area contributed by atoms with Gasteiger partial charge in [-0.15, -0.1) is 0 Å². The third kappa shape index (κ3) is 3.45. The van der Waals surface area contributed by atoms with Crippen LogP contribution in [-0.4, -0.2) is 58.5 Å². The second-order valence-electron chi connectivity index (χ2n) is 9.32. The Morgan fingerprint density at radius 1 is 1.26 bits per heavy atom. The lowest BCUT2D eigenvalue weighted by Crippen LogP contribution is -2.57.